The van der Waals surface area contributed by atoms with E-state index in [9.17, 15) is 28.8 Å². The van der Waals surface area contributed by atoms with Crippen LogP contribution in [0.15, 0.2) is 23.8 Å². The van der Waals surface area contributed by atoms with Crippen LogP contribution >= 0.6 is 0 Å². The van der Waals surface area contributed by atoms with Crippen LogP contribution in [-0.2, 0) is 25.6 Å². The average molecular weight is 508 g/mol. The van der Waals surface area contributed by atoms with Gasteiger partial charge in [0.1, 0.15) is 5.57 Å². The Labute approximate surface area is 214 Å². The number of nitrogens with zero attached hydrogens (tertiary/aromatic N) is 4. The van der Waals surface area contributed by atoms with Gasteiger partial charge in [0, 0.05) is 32.9 Å². The number of carbonyl (C=O) groups is 6. The Morgan fingerprint density at radius 3 is 2.43 bits per heavy atom. The van der Waals surface area contributed by atoms with Crippen LogP contribution in [0.4, 0.5) is 15.3 Å². The molecule has 1 spiro atoms. The zero-order valence-electron chi connectivity index (χ0n) is 21.1. The van der Waals surface area contributed by atoms with Crippen molar-refractivity contribution in [3.05, 3.63) is 34.9 Å². The van der Waals surface area contributed by atoms with Crippen LogP contribution in [0.3, 0.4) is 0 Å². The van der Waals surface area contributed by atoms with E-state index in [-0.39, 0.29) is 24.6 Å². The molecule has 8 amide bonds. The average Bonchev–Trinajstić information content (AvgIpc) is 3.38. The normalized spacial score (nSPS) is 24.3. The van der Waals surface area contributed by atoms with Crippen molar-refractivity contribution in [1.82, 2.24) is 20.0 Å². The standard InChI is InChI=1S/C26H29N5O6/c1-4-5-10-31-21(33)17(20(32)27-24(31)36)13-15-8-9-18-16(12-15)14-26(19-7-6-11-30(18)19)22(34)28(2)25(37)29(3)23(26)35/h8-9,12-13,19H,4-7,10-11,14H2,1-3H3,(H,27,32,36)/b17-13+/t19-/m0/s1. The highest BCUT2D eigenvalue weighted by atomic mass is 16.2. The van der Waals surface area contributed by atoms with E-state index in [1.807, 2.05) is 13.0 Å². The van der Waals surface area contributed by atoms with Gasteiger partial charge >= 0.3 is 12.1 Å². The predicted octanol–water partition coefficient (Wildman–Crippen LogP) is 1.51. The number of nitrogens with one attached hydrogen (secondary N) is 1. The van der Waals surface area contributed by atoms with E-state index >= 15 is 0 Å². The Morgan fingerprint density at radius 1 is 1.05 bits per heavy atom. The van der Waals surface area contributed by atoms with Crippen molar-refractivity contribution in [2.24, 2.45) is 5.41 Å². The molecule has 11 nitrogen and oxygen atoms in total. The van der Waals surface area contributed by atoms with Gasteiger partial charge < -0.3 is 4.90 Å². The maximum Gasteiger partial charge on any atom is 0.332 e. The molecule has 1 atom stereocenters. The van der Waals surface area contributed by atoms with E-state index in [0.29, 0.717) is 30.5 Å². The molecule has 194 valence electrons. The predicted molar refractivity (Wildman–Crippen MR) is 132 cm³/mol. The molecule has 4 aliphatic rings. The van der Waals surface area contributed by atoms with E-state index in [1.54, 1.807) is 12.1 Å². The fraction of sp³-hybridized carbons (Fsp3) is 0.462. The van der Waals surface area contributed by atoms with Crippen LogP contribution in [0, 0.1) is 5.41 Å². The first-order valence-corrected chi connectivity index (χ1v) is 12.5. The van der Waals surface area contributed by atoms with Gasteiger partial charge in [0.25, 0.3) is 11.8 Å². The molecule has 1 aromatic carbocycles. The van der Waals surface area contributed by atoms with Gasteiger partial charge in [-0.1, -0.05) is 19.4 Å². The zero-order chi connectivity index (χ0) is 26.6. The number of fused-ring (bicyclic) bond motifs is 4. The number of benzene rings is 1. The molecule has 4 heterocycles. The highest BCUT2D eigenvalue weighted by Gasteiger charge is 2.63. The lowest BCUT2D eigenvalue weighted by Gasteiger charge is -2.50. The number of amides is 8. The van der Waals surface area contributed by atoms with Crippen LogP contribution < -0.4 is 10.2 Å². The Balaban J connectivity index is 1.55. The van der Waals surface area contributed by atoms with Gasteiger partial charge in [0.15, 0.2) is 5.41 Å². The van der Waals surface area contributed by atoms with Crippen LogP contribution in [0.1, 0.15) is 43.7 Å². The molecule has 3 saturated heterocycles. The number of unbranched alkanes of at least 4 members (excludes halogenated alkanes) is 1. The summed E-state index contributed by atoms with van der Waals surface area (Å²) in [6, 6.07) is 3.66. The van der Waals surface area contributed by atoms with E-state index in [2.05, 4.69) is 10.2 Å². The molecule has 0 aromatic heterocycles. The molecule has 4 aliphatic heterocycles. The zero-order valence-corrected chi connectivity index (χ0v) is 21.1. The lowest BCUT2D eigenvalue weighted by Crippen LogP contribution is -2.70. The van der Waals surface area contributed by atoms with Crippen molar-refractivity contribution < 1.29 is 28.8 Å². The van der Waals surface area contributed by atoms with Crippen molar-refractivity contribution in [3.8, 4) is 0 Å². The molecule has 1 aromatic rings. The molecule has 1 N–H and O–H groups in total. The summed E-state index contributed by atoms with van der Waals surface area (Å²) >= 11 is 0. The molecule has 0 radical (unpaired) electrons. The summed E-state index contributed by atoms with van der Waals surface area (Å²) in [6.07, 6.45) is 4.37. The Bertz CT molecular complexity index is 1260. The minimum Gasteiger partial charge on any atom is -0.367 e. The minimum absolute atomic E-state index is 0.0986. The van der Waals surface area contributed by atoms with Gasteiger partial charge in [-0.3, -0.25) is 39.2 Å². The third-order valence-corrected chi connectivity index (χ3v) is 7.88. The van der Waals surface area contributed by atoms with E-state index in [1.165, 1.54) is 20.2 Å². The summed E-state index contributed by atoms with van der Waals surface area (Å²) < 4.78 is 0. The van der Waals surface area contributed by atoms with E-state index in [4.69, 9.17) is 0 Å². The van der Waals surface area contributed by atoms with Crippen molar-refractivity contribution in [2.75, 3.05) is 32.1 Å². The molecule has 3 fully saturated rings. The summed E-state index contributed by atoms with van der Waals surface area (Å²) in [7, 11) is 2.79. The number of anilines is 1. The fourth-order valence-corrected chi connectivity index (χ4v) is 6.01. The van der Waals surface area contributed by atoms with Gasteiger partial charge in [-0.25, -0.2) is 9.59 Å². The van der Waals surface area contributed by atoms with Crippen LogP contribution in [0.5, 0.6) is 0 Å². The van der Waals surface area contributed by atoms with Gasteiger partial charge in [-0.15, -0.1) is 0 Å². The van der Waals surface area contributed by atoms with Crippen LogP contribution in [0.25, 0.3) is 6.08 Å². The highest BCUT2D eigenvalue weighted by Crippen LogP contribution is 2.49. The summed E-state index contributed by atoms with van der Waals surface area (Å²) in [4.78, 5) is 82.3. The lowest BCUT2D eigenvalue weighted by atomic mass is 9.68. The van der Waals surface area contributed by atoms with Gasteiger partial charge in [0.2, 0.25) is 11.8 Å². The number of carbonyl (C=O) groups excluding carboxylic acids is 6. The SMILES string of the molecule is CCCCN1C(=O)NC(=O)/C(=C\c2ccc3c(c2)CC2(C(=O)N(C)C(=O)N(C)C2=O)[C@@H]2CCCN32)C1=O. The van der Waals surface area contributed by atoms with Gasteiger partial charge in [-0.2, -0.15) is 0 Å². The number of hydrogen-bond donors (Lipinski definition) is 1. The molecule has 11 heteroatoms. The van der Waals surface area contributed by atoms with Crippen molar-refractivity contribution in [3.63, 3.8) is 0 Å². The second-order valence-electron chi connectivity index (χ2n) is 10.0. The largest absolute Gasteiger partial charge is 0.367 e. The van der Waals surface area contributed by atoms with Crippen LogP contribution in [-0.4, -0.2) is 83.6 Å². The van der Waals surface area contributed by atoms with E-state index in [0.717, 1.165) is 33.2 Å². The Hall–Kier alpha value is -4.02. The highest BCUT2D eigenvalue weighted by molar-refractivity contribution is 6.31. The second-order valence-corrected chi connectivity index (χ2v) is 10.0. The second kappa shape index (κ2) is 8.82. The summed E-state index contributed by atoms with van der Waals surface area (Å²) in [5.41, 5.74) is 0.539. The molecule has 0 unspecified atom stereocenters. The smallest absolute Gasteiger partial charge is 0.332 e. The monoisotopic (exact) mass is 507 g/mol. The maximum absolute atomic E-state index is 13.5. The van der Waals surface area contributed by atoms with Crippen molar-refractivity contribution in [1.29, 1.82) is 0 Å². The van der Waals surface area contributed by atoms with Crippen LogP contribution in [0.2, 0.25) is 0 Å². The third kappa shape index (κ3) is 3.55. The third-order valence-electron chi connectivity index (χ3n) is 7.88. The summed E-state index contributed by atoms with van der Waals surface area (Å²) in [5, 5.41) is 2.22. The Kier molecular flexibility index (Phi) is 5.88. The number of urea groups is 2. The fourth-order valence-electron chi connectivity index (χ4n) is 6.01. The Morgan fingerprint density at radius 2 is 1.76 bits per heavy atom. The minimum atomic E-state index is -1.44. The molecule has 0 bridgehead atoms. The number of barbiturate groups is 2. The first kappa shape index (κ1) is 24.7. The molecule has 5 rings (SSSR count). The number of rotatable bonds is 4. The molecular weight excluding hydrogens is 478 g/mol. The topological polar surface area (TPSA) is 127 Å². The van der Waals surface area contributed by atoms with Crippen molar-refractivity contribution in [2.45, 2.75) is 45.1 Å². The molecular formula is C26H29N5O6. The quantitative estimate of drug-likeness (QED) is 0.372. The number of imide groups is 4. The van der Waals surface area contributed by atoms with Gasteiger partial charge in [0.05, 0.1) is 6.04 Å². The number of hydrogen-bond acceptors (Lipinski definition) is 7. The molecule has 0 saturated carbocycles. The summed E-state index contributed by atoms with van der Waals surface area (Å²) in [6.45, 7) is 2.81. The van der Waals surface area contributed by atoms with E-state index < -0.39 is 41.1 Å². The lowest BCUT2D eigenvalue weighted by molar-refractivity contribution is -0.159. The van der Waals surface area contributed by atoms with Gasteiger partial charge in [-0.05, 0) is 55.0 Å². The summed E-state index contributed by atoms with van der Waals surface area (Å²) in [5.74, 6) is -2.45. The molecule has 37 heavy (non-hydrogen) atoms. The maximum atomic E-state index is 13.5. The first-order chi connectivity index (χ1) is 17.6. The first-order valence-electron chi connectivity index (χ1n) is 12.5. The van der Waals surface area contributed by atoms with Crippen molar-refractivity contribution >= 4 is 47.5 Å². The molecule has 0 aliphatic carbocycles.